The quantitative estimate of drug-likeness (QED) is 0.482. The fourth-order valence-corrected chi connectivity index (χ4v) is 2.23. The second-order valence-corrected chi connectivity index (χ2v) is 5.22. The topological polar surface area (TPSA) is 17.1 Å². The van der Waals surface area contributed by atoms with Crippen molar-refractivity contribution < 1.29 is 4.79 Å². The van der Waals surface area contributed by atoms with Crippen LogP contribution in [0.1, 0.15) is 54.1 Å². The van der Waals surface area contributed by atoms with Gasteiger partial charge in [-0.25, -0.2) is 0 Å². The van der Waals surface area contributed by atoms with E-state index in [1.165, 1.54) is 19.3 Å². The van der Waals surface area contributed by atoms with Crippen LogP contribution in [0.2, 0.25) is 0 Å². The van der Waals surface area contributed by atoms with Gasteiger partial charge in [0, 0.05) is 11.1 Å². The first-order valence-electron chi connectivity index (χ1n) is 7.67. The monoisotopic (exact) mass is 278 g/mol. The predicted octanol–water partition coefficient (Wildman–Crippen LogP) is 5.51. The standard InChI is InChI=1S/C20H22O/c1-2-3-4-5-7-10-17-13-15-19(16-14-17)20(21)18-11-8-6-9-12-18/h6-16H,2-5H2,1H3. The van der Waals surface area contributed by atoms with Gasteiger partial charge in [-0.05, 0) is 18.4 Å². The number of allylic oxidation sites excluding steroid dienone is 1. The molecule has 2 aromatic carbocycles. The number of unbranched alkanes of at least 4 members (excludes halogenated alkanes) is 3. The third-order valence-corrected chi connectivity index (χ3v) is 3.49. The molecular weight excluding hydrogens is 256 g/mol. The third-order valence-electron chi connectivity index (χ3n) is 3.49. The van der Waals surface area contributed by atoms with Crippen LogP contribution in [0.15, 0.2) is 60.7 Å². The molecule has 0 aromatic heterocycles. The van der Waals surface area contributed by atoms with Gasteiger partial charge in [-0.2, -0.15) is 0 Å². The maximum Gasteiger partial charge on any atom is 0.193 e. The molecule has 0 radical (unpaired) electrons. The number of benzene rings is 2. The Morgan fingerprint density at radius 1 is 0.905 bits per heavy atom. The van der Waals surface area contributed by atoms with Crippen molar-refractivity contribution >= 4 is 11.9 Å². The van der Waals surface area contributed by atoms with E-state index in [0.29, 0.717) is 0 Å². The van der Waals surface area contributed by atoms with Crippen molar-refractivity contribution in [3.63, 3.8) is 0 Å². The summed E-state index contributed by atoms with van der Waals surface area (Å²) in [6.45, 7) is 2.21. The van der Waals surface area contributed by atoms with Crippen LogP contribution in [0.3, 0.4) is 0 Å². The van der Waals surface area contributed by atoms with Crippen molar-refractivity contribution in [2.75, 3.05) is 0 Å². The van der Waals surface area contributed by atoms with Gasteiger partial charge in [0.25, 0.3) is 0 Å². The molecular formula is C20H22O. The van der Waals surface area contributed by atoms with Gasteiger partial charge < -0.3 is 0 Å². The highest BCUT2D eigenvalue weighted by Gasteiger charge is 2.07. The molecule has 0 unspecified atom stereocenters. The summed E-state index contributed by atoms with van der Waals surface area (Å²) < 4.78 is 0. The van der Waals surface area contributed by atoms with Gasteiger partial charge in [-0.3, -0.25) is 4.79 Å². The number of rotatable bonds is 7. The first kappa shape index (κ1) is 15.2. The molecule has 0 aliphatic rings. The molecule has 0 spiro atoms. The lowest BCUT2D eigenvalue weighted by molar-refractivity contribution is 0.103. The zero-order chi connectivity index (χ0) is 14.9. The van der Waals surface area contributed by atoms with E-state index in [1.807, 2.05) is 54.6 Å². The predicted molar refractivity (Wildman–Crippen MR) is 89.5 cm³/mol. The van der Waals surface area contributed by atoms with Crippen molar-refractivity contribution in [3.8, 4) is 0 Å². The molecule has 0 aliphatic carbocycles. The van der Waals surface area contributed by atoms with Crippen molar-refractivity contribution in [2.45, 2.75) is 32.6 Å². The Kier molecular flexibility index (Phi) is 5.96. The SMILES string of the molecule is CCCCCC=Cc1ccc(C(=O)c2ccccc2)cc1. The van der Waals surface area contributed by atoms with E-state index in [2.05, 4.69) is 19.1 Å². The smallest absolute Gasteiger partial charge is 0.193 e. The first-order chi connectivity index (χ1) is 10.3. The van der Waals surface area contributed by atoms with E-state index < -0.39 is 0 Å². The van der Waals surface area contributed by atoms with E-state index in [9.17, 15) is 4.79 Å². The lowest BCUT2D eigenvalue weighted by Crippen LogP contribution is -2.00. The molecule has 0 saturated heterocycles. The Morgan fingerprint density at radius 3 is 2.24 bits per heavy atom. The summed E-state index contributed by atoms with van der Waals surface area (Å²) in [5.74, 6) is 0.0778. The molecule has 2 rings (SSSR count). The van der Waals surface area contributed by atoms with E-state index in [4.69, 9.17) is 0 Å². The fourth-order valence-electron chi connectivity index (χ4n) is 2.23. The number of ketones is 1. The lowest BCUT2D eigenvalue weighted by atomic mass is 10.0. The number of hydrogen-bond acceptors (Lipinski definition) is 1. The molecule has 0 N–H and O–H groups in total. The molecule has 0 saturated carbocycles. The largest absolute Gasteiger partial charge is 0.289 e. The average Bonchev–Trinajstić information content (AvgIpc) is 2.55. The summed E-state index contributed by atoms with van der Waals surface area (Å²) in [4.78, 5) is 12.3. The molecule has 21 heavy (non-hydrogen) atoms. The van der Waals surface area contributed by atoms with Gasteiger partial charge in [0.2, 0.25) is 0 Å². The molecule has 108 valence electrons. The second kappa shape index (κ2) is 8.21. The van der Waals surface area contributed by atoms with E-state index in [-0.39, 0.29) is 5.78 Å². The first-order valence-corrected chi connectivity index (χ1v) is 7.67. The fraction of sp³-hybridized carbons (Fsp3) is 0.250. The summed E-state index contributed by atoms with van der Waals surface area (Å²) in [6, 6.07) is 17.2. The van der Waals surface area contributed by atoms with Crippen LogP contribution in [0, 0.1) is 0 Å². The molecule has 0 aliphatic heterocycles. The van der Waals surface area contributed by atoms with Gasteiger partial charge in [0.15, 0.2) is 5.78 Å². The van der Waals surface area contributed by atoms with Crippen molar-refractivity contribution in [2.24, 2.45) is 0 Å². The number of carbonyl (C=O) groups is 1. The molecule has 0 amide bonds. The third kappa shape index (κ3) is 4.71. The zero-order valence-corrected chi connectivity index (χ0v) is 12.6. The minimum absolute atomic E-state index is 0.0778. The Bertz CT molecular complexity index is 579. The average molecular weight is 278 g/mol. The van der Waals surface area contributed by atoms with Crippen LogP contribution < -0.4 is 0 Å². The van der Waals surface area contributed by atoms with Gasteiger partial charge in [-0.15, -0.1) is 0 Å². The van der Waals surface area contributed by atoms with Crippen LogP contribution in [0.5, 0.6) is 0 Å². The highest BCUT2D eigenvalue weighted by atomic mass is 16.1. The summed E-state index contributed by atoms with van der Waals surface area (Å²) in [6.07, 6.45) is 9.26. The maximum atomic E-state index is 12.3. The van der Waals surface area contributed by atoms with Crippen LogP contribution in [0.4, 0.5) is 0 Å². The van der Waals surface area contributed by atoms with Gasteiger partial charge in [0.05, 0.1) is 0 Å². The summed E-state index contributed by atoms with van der Waals surface area (Å²) in [5.41, 5.74) is 2.63. The Labute approximate surface area is 127 Å². The molecule has 1 heteroatoms. The van der Waals surface area contributed by atoms with E-state index in [0.717, 1.165) is 23.1 Å². The molecule has 1 nitrogen and oxygen atoms in total. The summed E-state index contributed by atoms with van der Waals surface area (Å²) in [5, 5.41) is 0. The summed E-state index contributed by atoms with van der Waals surface area (Å²) >= 11 is 0. The Balaban J connectivity index is 1.97. The van der Waals surface area contributed by atoms with Crippen molar-refractivity contribution in [1.82, 2.24) is 0 Å². The van der Waals surface area contributed by atoms with E-state index in [1.54, 1.807) is 0 Å². The van der Waals surface area contributed by atoms with E-state index >= 15 is 0 Å². The van der Waals surface area contributed by atoms with Crippen molar-refractivity contribution in [1.29, 1.82) is 0 Å². The second-order valence-electron chi connectivity index (χ2n) is 5.22. The normalized spacial score (nSPS) is 10.9. The van der Waals surface area contributed by atoms with Gasteiger partial charge in [-0.1, -0.05) is 86.5 Å². The number of hydrogen-bond donors (Lipinski definition) is 0. The molecule has 0 bridgehead atoms. The zero-order valence-electron chi connectivity index (χ0n) is 12.6. The highest BCUT2D eigenvalue weighted by Crippen LogP contribution is 2.12. The highest BCUT2D eigenvalue weighted by molar-refractivity contribution is 6.09. The minimum atomic E-state index is 0.0778. The Hall–Kier alpha value is -2.15. The lowest BCUT2D eigenvalue weighted by Gasteiger charge is -2.01. The molecule has 2 aromatic rings. The van der Waals surface area contributed by atoms with Crippen LogP contribution in [-0.4, -0.2) is 5.78 Å². The Morgan fingerprint density at radius 2 is 1.57 bits per heavy atom. The van der Waals surface area contributed by atoms with Crippen molar-refractivity contribution in [3.05, 3.63) is 77.4 Å². The maximum absolute atomic E-state index is 12.3. The van der Waals surface area contributed by atoms with Crippen LogP contribution >= 0.6 is 0 Å². The van der Waals surface area contributed by atoms with Gasteiger partial charge >= 0.3 is 0 Å². The van der Waals surface area contributed by atoms with Crippen LogP contribution in [0.25, 0.3) is 6.08 Å². The van der Waals surface area contributed by atoms with Gasteiger partial charge in [0.1, 0.15) is 0 Å². The van der Waals surface area contributed by atoms with Crippen LogP contribution in [-0.2, 0) is 0 Å². The molecule has 0 fully saturated rings. The minimum Gasteiger partial charge on any atom is -0.289 e. The molecule has 0 heterocycles. The molecule has 0 atom stereocenters. The summed E-state index contributed by atoms with van der Waals surface area (Å²) in [7, 11) is 0. The number of carbonyl (C=O) groups excluding carboxylic acids is 1.